The highest BCUT2D eigenvalue weighted by atomic mass is 19.1. The lowest BCUT2D eigenvalue weighted by Crippen LogP contribution is -2.15. The van der Waals surface area contributed by atoms with Crippen molar-refractivity contribution in [3.05, 3.63) is 59.7 Å². The Morgan fingerprint density at radius 2 is 2.19 bits per heavy atom. The fraction of sp³-hybridized carbons (Fsp3) is 0.125. The number of aryl methyl sites for hydroxylation is 1. The van der Waals surface area contributed by atoms with E-state index in [4.69, 9.17) is 0 Å². The third kappa shape index (κ3) is 2.91. The molecule has 0 saturated heterocycles. The smallest absolute Gasteiger partial charge is 0.230 e. The van der Waals surface area contributed by atoms with Crippen molar-refractivity contribution in [2.75, 3.05) is 5.32 Å². The predicted molar refractivity (Wildman–Crippen MR) is 79.6 cm³/mol. The molecular formula is C16H14FN3O. The van der Waals surface area contributed by atoms with Gasteiger partial charge >= 0.3 is 0 Å². The summed E-state index contributed by atoms with van der Waals surface area (Å²) in [5, 5.41) is 3.47. The van der Waals surface area contributed by atoms with Crippen LogP contribution in [0.1, 0.15) is 11.3 Å². The number of anilines is 1. The molecule has 1 aromatic carbocycles. The number of hydrogen-bond donors (Lipinski definition) is 2. The monoisotopic (exact) mass is 283 g/mol. The Balaban J connectivity index is 1.79. The molecule has 0 radical (unpaired) electrons. The summed E-state index contributed by atoms with van der Waals surface area (Å²) >= 11 is 0. The van der Waals surface area contributed by atoms with Gasteiger partial charge in [-0.3, -0.25) is 4.79 Å². The number of fused-ring (bicyclic) bond motifs is 1. The summed E-state index contributed by atoms with van der Waals surface area (Å²) in [5.41, 5.74) is 2.41. The zero-order valence-electron chi connectivity index (χ0n) is 11.5. The molecule has 2 N–H and O–H groups in total. The number of nitrogens with one attached hydrogen (secondary N) is 2. The molecule has 0 aliphatic carbocycles. The molecule has 106 valence electrons. The van der Waals surface area contributed by atoms with Crippen LogP contribution in [0.4, 0.5) is 10.2 Å². The van der Waals surface area contributed by atoms with Crippen LogP contribution in [0.3, 0.4) is 0 Å². The third-order valence-corrected chi connectivity index (χ3v) is 3.24. The molecule has 0 spiro atoms. The first kappa shape index (κ1) is 13.3. The number of hydrogen-bond acceptors (Lipinski definition) is 2. The average molecular weight is 283 g/mol. The fourth-order valence-corrected chi connectivity index (χ4v) is 2.27. The van der Waals surface area contributed by atoms with Crippen molar-refractivity contribution in [1.82, 2.24) is 9.97 Å². The molecule has 3 aromatic rings. The predicted octanol–water partition coefficient (Wildman–Crippen LogP) is 3.19. The lowest BCUT2D eigenvalue weighted by Gasteiger charge is -2.04. The minimum atomic E-state index is -0.316. The number of H-pyrrole nitrogens is 1. The fourth-order valence-electron chi connectivity index (χ4n) is 2.27. The van der Waals surface area contributed by atoms with Gasteiger partial charge in [-0.05, 0) is 42.8 Å². The molecule has 21 heavy (non-hydrogen) atoms. The van der Waals surface area contributed by atoms with E-state index in [2.05, 4.69) is 15.3 Å². The number of amides is 1. The molecule has 0 fully saturated rings. The molecule has 1 amide bonds. The Hall–Kier alpha value is -2.69. The molecule has 0 atom stereocenters. The Morgan fingerprint density at radius 3 is 3.00 bits per heavy atom. The van der Waals surface area contributed by atoms with E-state index in [0.717, 1.165) is 22.2 Å². The number of benzene rings is 1. The van der Waals surface area contributed by atoms with Gasteiger partial charge in [0, 0.05) is 22.8 Å². The van der Waals surface area contributed by atoms with Gasteiger partial charge in [-0.2, -0.15) is 0 Å². The van der Waals surface area contributed by atoms with Gasteiger partial charge in [-0.25, -0.2) is 9.37 Å². The van der Waals surface area contributed by atoms with E-state index in [-0.39, 0.29) is 18.1 Å². The lowest BCUT2D eigenvalue weighted by atomic mass is 10.1. The van der Waals surface area contributed by atoms with Gasteiger partial charge in [0.15, 0.2) is 0 Å². The number of carbonyl (C=O) groups excluding carboxylic acids is 1. The van der Waals surface area contributed by atoms with Crippen LogP contribution in [0.25, 0.3) is 10.9 Å². The van der Waals surface area contributed by atoms with Crippen molar-refractivity contribution in [1.29, 1.82) is 0 Å². The first-order chi connectivity index (χ1) is 10.1. The molecule has 5 heteroatoms. The van der Waals surface area contributed by atoms with Crippen molar-refractivity contribution in [2.45, 2.75) is 13.3 Å². The van der Waals surface area contributed by atoms with Crippen LogP contribution >= 0.6 is 0 Å². The van der Waals surface area contributed by atoms with Crippen LogP contribution in [0.2, 0.25) is 0 Å². The van der Waals surface area contributed by atoms with Crippen LogP contribution in [-0.2, 0) is 11.2 Å². The summed E-state index contributed by atoms with van der Waals surface area (Å²) in [6.45, 7) is 1.86. The standard InChI is InChI=1S/C16H14FN3O/c1-10-3-2-4-15(19-10)20-16(21)7-11-9-18-14-6-5-12(17)8-13(11)14/h2-6,8-9,18H,7H2,1H3,(H,19,20,21). The molecule has 4 nitrogen and oxygen atoms in total. The maximum Gasteiger partial charge on any atom is 0.230 e. The number of rotatable bonds is 3. The van der Waals surface area contributed by atoms with E-state index >= 15 is 0 Å². The van der Waals surface area contributed by atoms with E-state index in [1.165, 1.54) is 12.1 Å². The van der Waals surface area contributed by atoms with Gasteiger partial charge in [0.25, 0.3) is 0 Å². The third-order valence-electron chi connectivity index (χ3n) is 3.24. The van der Waals surface area contributed by atoms with Crippen LogP contribution < -0.4 is 5.32 Å². The highest BCUT2D eigenvalue weighted by molar-refractivity contribution is 5.95. The number of carbonyl (C=O) groups is 1. The van der Waals surface area contributed by atoms with Gasteiger partial charge in [0.1, 0.15) is 11.6 Å². The summed E-state index contributed by atoms with van der Waals surface area (Å²) in [5.74, 6) is 0.0217. The number of aromatic nitrogens is 2. The topological polar surface area (TPSA) is 57.8 Å². The van der Waals surface area contributed by atoms with Gasteiger partial charge in [-0.1, -0.05) is 6.07 Å². The number of nitrogens with zero attached hydrogens (tertiary/aromatic N) is 1. The Kier molecular flexibility index (Phi) is 3.39. The minimum Gasteiger partial charge on any atom is -0.361 e. The van der Waals surface area contributed by atoms with Gasteiger partial charge in [0.05, 0.1) is 6.42 Å². The van der Waals surface area contributed by atoms with Crippen molar-refractivity contribution in [3.63, 3.8) is 0 Å². The van der Waals surface area contributed by atoms with Crippen molar-refractivity contribution in [3.8, 4) is 0 Å². The Morgan fingerprint density at radius 1 is 1.33 bits per heavy atom. The maximum absolute atomic E-state index is 13.3. The van der Waals surface area contributed by atoms with Crippen LogP contribution in [0.15, 0.2) is 42.6 Å². The highest BCUT2D eigenvalue weighted by Gasteiger charge is 2.10. The van der Waals surface area contributed by atoms with E-state index in [0.29, 0.717) is 5.82 Å². The quantitative estimate of drug-likeness (QED) is 0.775. The molecule has 0 saturated carbocycles. The van der Waals surface area contributed by atoms with Crippen molar-refractivity contribution < 1.29 is 9.18 Å². The molecule has 0 aliphatic heterocycles. The molecule has 0 aliphatic rings. The second-order valence-corrected chi connectivity index (χ2v) is 4.89. The van der Waals surface area contributed by atoms with Gasteiger partial charge in [0.2, 0.25) is 5.91 Å². The van der Waals surface area contributed by atoms with Crippen LogP contribution in [0, 0.1) is 12.7 Å². The highest BCUT2D eigenvalue weighted by Crippen LogP contribution is 2.20. The molecule has 3 rings (SSSR count). The largest absolute Gasteiger partial charge is 0.361 e. The zero-order valence-corrected chi connectivity index (χ0v) is 11.5. The minimum absolute atomic E-state index is 0.166. The maximum atomic E-state index is 13.3. The summed E-state index contributed by atoms with van der Waals surface area (Å²) in [7, 11) is 0. The first-order valence-electron chi connectivity index (χ1n) is 6.61. The molecular weight excluding hydrogens is 269 g/mol. The van der Waals surface area contributed by atoms with E-state index in [1.807, 2.05) is 19.1 Å². The average Bonchev–Trinajstić information content (AvgIpc) is 2.81. The van der Waals surface area contributed by atoms with Crippen LogP contribution in [-0.4, -0.2) is 15.9 Å². The Bertz CT molecular complexity index is 810. The lowest BCUT2D eigenvalue weighted by molar-refractivity contribution is -0.115. The van der Waals surface area contributed by atoms with E-state index < -0.39 is 0 Å². The van der Waals surface area contributed by atoms with Gasteiger partial charge in [-0.15, -0.1) is 0 Å². The van der Waals surface area contributed by atoms with Crippen molar-refractivity contribution >= 4 is 22.6 Å². The molecule has 2 heterocycles. The van der Waals surface area contributed by atoms with Crippen molar-refractivity contribution in [2.24, 2.45) is 0 Å². The summed E-state index contributed by atoms with van der Waals surface area (Å²) in [6.07, 6.45) is 1.90. The Labute approximate surface area is 121 Å². The summed E-state index contributed by atoms with van der Waals surface area (Å²) < 4.78 is 13.3. The van der Waals surface area contributed by atoms with Gasteiger partial charge < -0.3 is 10.3 Å². The zero-order chi connectivity index (χ0) is 14.8. The SMILES string of the molecule is Cc1cccc(NC(=O)Cc2c[nH]c3ccc(F)cc23)n1. The molecule has 0 bridgehead atoms. The van der Waals surface area contributed by atoms with E-state index in [1.54, 1.807) is 18.3 Å². The first-order valence-corrected chi connectivity index (χ1v) is 6.61. The number of aromatic amines is 1. The second kappa shape index (κ2) is 5.36. The summed E-state index contributed by atoms with van der Waals surface area (Å²) in [4.78, 5) is 19.3. The molecule has 0 unspecified atom stereocenters. The number of pyridine rings is 1. The normalized spacial score (nSPS) is 10.8. The van der Waals surface area contributed by atoms with Crippen LogP contribution in [0.5, 0.6) is 0 Å². The second-order valence-electron chi connectivity index (χ2n) is 4.89. The summed E-state index contributed by atoms with van der Waals surface area (Å²) in [6, 6.07) is 9.91. The van der Waals surface area contributed by atoms with E-state index in [9.17, 15) is 9.18 Å². The molecule has 2 aromatic heterocycles. The number of halogens is 1.